The van der Waals surface area contributed by atoms with Gasteiger partial charge in [0.05, 0.1) is 19.3 Å². The molecule has 0 radical (unpaired) electrons. The first-order chi connectivity index (χ1) is 9.35. The number of anilines is 1. The fourth-order valence-corrected chi connectivity index (χ4v) is 1.50. The van der Waals surface area contributed by atoms with Crippen molar-refractivity contribution in [2.45, 2.75) is 33.3 Å². The molecule has 5 heteroatoms. The number of ether oxygens (including phenoxy) is 3. The van der Waals surface area contributed by atoms with Crippen molar-refractivity contribution >= 4 is 11.6 Å². The molecule has 1 aromatic rings. The highest BCUT2D eigenvalue weighted by molar-refractivity contribution is 5.92. The van der Waals surface area contributed by atoms with Crippen molar-refractivity contribution in [3.8, 4) is 11.5 Å². The van der Waals surface area contributed by atoms with Gasteiger partial charge in [0.15, 0.2) is 11.5 Å². The van der Waals surface area contributed by atoms with Gasteiger partial charge in [-0.25, -0.2) is 0 Å². The summed E-state index contributed by atoms with van der Waals surface area (Å²) in [7, 11) is 1.56. The summed E-state index contributed by atoms with van der Waals surface area (Å²) >= 11 is 0. The quantitative estimate of drug-likeness (QED) is 0.871. The molecular weight excluding hydrogens is 258 g/mol. The summed E-state index contributed by atoms with van der Waals surface area (Å²) in [6.45, 7) is 8.18. The molecule has 1 aromatic carbocycles. The van der Waals surface area contributed by atoms with Crippen LogP contribution in [0.1, 0.15) is 27.7 Å². The molecule has 0 saturated heterocycles. The maximum Gasteiger partial charge on any atom is 0.250 e. The van der Waals surface area contributed by atoms with Crippen LogP contribution in [0.4, 0.5) is 5.69 Å². The summed E-state index contributed by atoms with van der Waals surface area (Å²) in [6, 6.07) is 5.26. The zero-order valence-corrected chi connectivity index (χ0v) is 12.8. The lowest BCUT2D eigenvalue weighted by Gasteiger charge is -2.19. The maximum absolute atomic E-state index is 11.8. The molecule has 20 heavy (non-hydrogen) atoms. The number of hydrogen-bond donors (Lipinski definition) is 1. The Morgan fingerprint density at radius 2 is 1.95 bits per heavy atom. The Kier molecular flexibility index (Phi) is 5.82. The number of carbonyl (C=O) groups excluding carboxylic acids is 1. The van der Waals surface area contributed by atoms with Crippen molar-refractivity contribution < 1.29 is 19.0 Å². The van der Waals surface area contributed by atoms with Crippen molar-refractivity contribution in [1.82, 2.24) is 0 Å². The third-order valence-electron chi connectivity index (χ3n) is 2.38. The predicted octanol–water partition coefficient (Wildman–Crippen LogP) is 2.85. The van der Waals surface area contributed by atoms with Gasteiger partial charge in [-0.05, 0) is 39.8 Å². The van der Waals surface area contributed by atoms with Crippen LogP contribution < -0.4 is 14.8 Å². The zero-order valence-electron chi connectivity index (χ0n) is 12.8. The number of carbonyl (C=O) groups is 1. The van der Waals surface area contributed by atoms with Gasteiger partial charge < -0.3 is 19.5 Å². The van der Waals surface area contributed by atoms with E-state index in [9.17, 15) is 4.79 Å². The largest absolute Gasteiger partial charge is 0.493 e. The number of rotatable bonds is 6. The number of benzene rings is 1. The summed E-state index contributed by atoms with van der Waals surface area (Å²) in [6.07, 6.45) is 0. The van der Waals surface area contributed by atoms with Gasteiger partial charge in [0, 0.05) is 11.8 Å². The normalized spacial score (nSPS) is 11.1. The first-order valence-electron chi connectivity index (χ1n) is 6.60. The Morgan fingerprint density at radius 3 is 2.50 bits per heavy atom. The van der Waals surface area contributed by atoms with Gasteiger partial charge in [-0.3, -0.25) is 4.79 Å². The van der Waals surface area contributed by atoms with E-state index in [-0.39, 0.29) is 18.1 Å². The minimum atomic E-state index is -0.339. The van der Waals surface area contributed by atoms with Crippen LogP contribution >= 0.6 is 0 Å². The summed E-state index contributed by atoms with van der Waals surface area (Å²) in [5.41, 5.74) is 0.307. The van der Waals surface area contributed by atoms with Crippen molar-refractivity contribution in [3.63, 3.8) is 0 Å². The summed E-state index contributed by atoms with van der Waals surface area (Å²) < 4.78 is 16.1. The van der Waals surface area contributed by atoms with Crippen LogP contribution in [0.2, 0.25) is 0 Å². The summed E-state index contributed by atoms with van der Waals surface area (Å²) in [5.74, 6) is 1.03. The number of hydrogen-bond acceptors (Lipinski definition) is 4. The van der Waals surface area contributed by atoms with Gasteiger partial charge in [0.1, 0.15) is 6.61 Å². The molecule has 0 saturated carbocycles. The van der Waals surface area contributed by atoms with Gasteiger partial charge in [-0.2, -0.15) is 0 Å². The van der Waals surface area contributed by atoms with Crippen molar-refractivity contribution in [3.05, 3.63) is 18.2 Å². The first kappa shape index (κ1) is 16.3. The van der Waals surface area contributed by atoms with Crippen LogP contribution in [0.15, 0.2) is 18.2 Å². The molecule has 1 rings (SSSR count). The van der Waals surface area contributed by atoms with Crippen LogP contribution in [-0.2, 0) is 9.53 Å². The highest BCUT2D eigenvalue weighted by Crippen LogP contribution is 2.30. The number of amides is 1. The van der Waals surface area contributed by atoms with Crippen LogP contribution in [-0.4, -0.2) is 31.8 Å². The lowest BCUT2D eigenvalue weighted by atomic mass is 10.2. The van der Waals surface area contributed by atoms with Crippen LogP contribution in [0.25, 0.3) is 0 Å². The Labute approximate surface area is 120 Å². The van der Waals surface area contributed by atoms with Gasteiger partial charge in [-0.1, -0.05) is 0 Å². The minimum Gasteiger partial charge on any atom is -0.493 e. The molecule has 0 aromatic heterocycles. The molecule has 0 unspecified atom stereocenters. The fraction of sp³-hybridized carbons (Fsp3) is 0.533. The number of nitrogens with one attached hydrogen (secondary N) is 1. The smallest absolute Gasteiger partial charge is 0.250 e. The van der Waals surface area contributed by atoms with Crippen LogP contribution in [0.5, 0.6) is 11.5 Å². The van der Waals surface area contributed by atoms with Gasteiger partial charge >= 0.3 is 0 Å². The Hall–Kier alpha value is -1.75. The average Bonchev–Trinajstić information content (AvgIpc) is 2.37. The molecule has 0 atom stereocenters. The molecule has 1 N–H and O–H groups in total. The highest BCUT2D eigenvalue weighted by Gasteiger charge is 2.13. The second-order valence-electron chi connectivity index (χ2n) is 5.25. The molecular formula is C15H23NO4. The molecule has 112 valence electrons. The average molecular weight is 281 g/mol. The highest BCUT2D eigenvalue weighted by atomic mass is 16.5. The van der Waals surface area contributed by atoms with E-state index in [0.717, 1.165) is 0 Å². The van der Waals surface area contributed by atoms with E-state index in [4.69, 9.17) is 14.2 Å². The standard InChI is InChI=1S/C15H23NO4/c1-6-19-12-8-7-11(9-13(12)18-5)16-14(17)10-20-15(2,3)4/h7-9H,6,10H2,1-5H3,(H,16,17). The van der Waals surface area contributed by atoms with Crippen molar-refractivity contribution in [2.24, 2.45) is 0 Å². The molecule has 5 nitrogen and oxygen atoms in total. The molecule has 0 fully saturated rings. The van der Waals surface area contributed by atoms with E-state index in [1.807, 2.05) is 27.7 Å². The lowest BCUT2D eigenvalue weighted by molar-refractivity contribution is -0.125. The molecule has 0 heterocycles. The lowest BCUT2D eigenvalue weighted by Crippen LogP contribution is -2.27. The second kappa shape index (κ2) is 7.14. The van der Waals surface area contributed by atoms with Crippen LogP contribution in [0, 0.1) is 0 Å². The Morgan fingerprint density at radius 1 is 1.25 bits per heavy atom. The van der Waals surface area contributed by atoms with E-state index in [2.05, 4.69) is 5.32 Å². The molecule has 0 aliphatic rings. The SMILES string of the molecule is CCOc1ccc(NC(=O)COC(C)(C)C)cc1OC. The first-order valence-corrected chi connectivity index (χ1v) is 6.60. The van der Waals surface area contributed by atoms with Gasteiger partial charge in [0.25, 0.3) is 0 Å². The molecule has 0 spiro atoms. The second-order valence-corrected chi connectivity index (χ2v) is 5.25. The predicted molar refractivity (Wildman–Crippen MR) is 78.5 cm³/mol. The van der Waals surface area contributed by atoms with E-state index in [1.54, 1.807) is 25.3 Å². The van der Waals surface area contributed by atoms with Gasteiger partial charge in [0.2, 0.25) is 5.91 Å². The minimum absolute atomic E-state index is 0.0129. The van der Waals surface area contributed by atoms with E-state index >= 15 is 0 Å². The Bertz CT molecular complexity index is 452. The monoisotopic (exact) mass is 281 g/mol. The summed E-state index contributed by atoms with van der Waals surface area (Å²) in [4.78, 5) is 11.8. The topological polar surface area (TPSA) is 56.8 Å². The van der Waals surface area contributed by atoms with E-state index in [1.165, 1.54) is 0 Å². The van der Waals surface area contributed by atoms with Gasteiger partial charge in [-0.15, -0.1) is 0 Å². The third-order valence-corrected chi connectivity index (χ3v) is 2.38. The van der Waals surface area contributed by atoms with Crippen molar-refractivity contribution in [1.29, 1.82) is 0 Å². The molecule has 0 aliphatic heterocycles. The van der Waals surface area contributed by atoms with Crippen LogP contribution in [0.3, 0.4) is 0 Å². The molecule has 1 amide bonds. The fourth-order valence-electron chi connectivity index (χ4n) is 1.50. The summed E-state index contributed by atoms with van der Waals surface area (Å²) in [5, 5.41) is 2.76. The van der Waals surface area contributed by atoms with Crippen molar-refractivity contribution in [2.75, 3.05) is 25.6 Å². The van der Waals surface area contributed by atoms with E-state index in [0.29, 0.717) is 23.8 Å². The Balaban J connectivity index is 2.66. The number of methoxy groups -OCH3 is 1. The zero-order chi connectivity index (χ0) is 15.2. The molecule has 0 bridgehead atoms. The maximum atomic E-state index is 11.8. The molecule has 0 aliphatic carbocycles. The van der Waals surface area contributed by atoms with E-state index < -0.39 is 0 Å². The third kappa shape index (κ3) is 5.48.